The van der Waals surface area contributed by atoms with Crippen LogP contribution in [0.3, 0.4) is 0 Å². The van der Waals surface area contributed by atoms with Gasteiger partial charge in [-0.2, -0.15) is 0 Å². The van der Waals surface area contributed by atoms with E-state index in [0.717, 1.165) is 49.9 Å². The maximum Gasteiger partial charge on any atom is 0.121 e. The van der Waals surface area contributed by atoms with Crippen molar-refractivity contribution in [3.05, 3.63) is 192 Å². The molecule has 6 heteroatoms. The summed E-state index contributed by atoms with van der Waals surface area (Å²) >= 11 is 0. The summed E-state index contributed by atoms with van der Waals surface area (Å²) in [6.45, 7) is 12.1. The van der Waals surface area contributed by atoms with Crippen LogP contribution in [-0.4, -0.2) is 22.6 Å². The molecule has 4 nitrogen and oxygen atoms in total. The summed E-state index contributed by atoms with van der Waals surface area (Å²) < 4.78 is 52.8. The Bertz CT molecular complexity index is 3400. The van der Waals surface area contributed by atoms with Crippen LogP contribution in [0.5, 0.6) is 0 Å². The molecule has 0 atom stereocenters. The second-order valence-electron chi connectivity index (χ2n) is 18.1. The van der Waals surface area contributed by atoms with Crippen molar-refractivity contribution in [3.63, 3.8) is 0 Å². The van der Waals surface area contributed by atoms with Crippen LogP contribution in [-0.2, 0) is 20.1 Å². The molecule has 327 valence electrons. The Labute approximate surface area is 407 Å². The molecule has 0 aliphatic heterocycles. The molecule has 0 saturated carbocycles. The molecule has 0 N–H and O–H groups in total. The summed E-state index contributed by atoms with van der Waals surface area (Å²) in [6.07, 6.45) is 1.30. The van der Waals surface area contributed by atoms with Gasteiger partial charge in [-0.3, -0.25) is 4.98 Å². The summed E-state index contributed by atoms with van der Waals surface area (Å²) in [5.74, 6) is 1.40. The van der Waals surface area contributed by atoms with Gasteiger partial charge in [-0.05, 0) is 93.7 Å². The topological polar surface area (TPSA) is 43.9 Å². The van der Waals surface area contributed by atoms with Crippen molar-refractivity contribution < 1.29 is 32.7 Å². The normalized spacial score (nSPS) is 13.4. The van der Waals surface area contributed by atoms with Gasteiger partial charge in [0.1, 0.15) is 5.58 Å². The third-order valence-corrected chi connectivity index (χ3v) is 14.0. The van der Waals surface area contributed by atoms with Gasteiger partial charge in [0.2, 0.25) is 0 Å². The maximum absolute atomic E-state index is 7.28. The number of fused-ring (bicyclic) bond motifs is 4. The van der Waals surface area contributed by atoms with Crippen molar-refractivity contribution in [1.82, 2.24) is 14.5 Å². The van der Waals surface area contributed by atoms with E-state index in [-0.39, 0.29) is 43.1 Å². The van der Waals surface area contributed by atoms with E-state index in [1.165, 1.54) is 63.1 Å². The van der Waals surface area contributed by atoms with E-state index in [1.807, 2.05) is 12.1 Å². The van der Waals surface area contributed by atoms with Gasteiger partial charge in [-0.1, -0.05) is 161 Å². The zero-order valence-corrected chi connectivity index (χ0v) is 41.1. The van der Waals surface area contributed by atoms with Gasteiger partial charge in [0.05, 0.1) is 30.5 Å². The van der Waals surface area contributed by atoms with Crippen LogP contribution in [0.15, 0.2) is 162 Å². The molecule has 10 rings (SSSR count). The average molecular weight is 1050 g/mol. The fourth-order valence-corrected chi connectivity index (χ4v) is 9.59. The number of hydrogen-bond acceptors (Lipinski definition) is 3. The molecule has 0 saturated heterocycles. The Balaban J connectivity index is 0.000000271. The fraction of sp³-hybridized carbons (Fsp3) is 0.186. The molecule has 0 fully saturated rings. The SMILES string of the molecule is CC(C)c1cc(-c2ccc([Si](C)(C)C)cc2)cc(C(C)C)c1-n1c(-c2[c-]ccc3c2oc2cc(-c4ccccc4)ccc23)nc2ccccc21.[2H]C([2H])([2H])c1c[c-]c(-c2ccc(C([2H])([2H])[2H])cn2)cc1.[Ir]. The second kappa shape index (κ2) is 18.7. The molecule has 65 heavy (non-hydrogen) atoms. The van der Waals surface area contributed by atoms with E-state index in [9.17, 15) is 0 Å². The van der Waals surface area contributed by atoms with Crippen molar-refractivity contribution >= 4 is 46.2 Å². The number of aromatic nitrogens is 3. The summed E-state index contributed by atoms with van der Waals surface area (Å²) in [5.41, 5.74) is 14.7. The molecule has 0 unspecified atom stereocenters. The van der Waals surface area contributed by atoms with E-state index in [4.69, 9.17) is 17.6 Å². The zero-order chi connectivity index (χ0) is 49.7. The van der Waals surface area contributed by atoms with Gasteiger partial charge in [-0.15, -0.1) is 53.6 Å². The monoisotopic (exact) mass is 1050 g/mol. The van der Waals surface area contributed by atoms with Gasteiger partial charge < -0.3 is 14.0 Å². The van der Waals surface area contributed by atoms with Crippen molar-refractivity contribution in [2.24, 2.45) is 0 Å². The summed E-state index contributed by atoms with van der Waals surface area (Å²) in [5, 5.41) is 3.64. The molecule has 10 aromatic rings. The minimum absolute atomic E-state index is 0. The van der Waals surface area contributed by atoms with Crippen LogP contribution in [0.4, 0.5) is 0 Å². The maximum atomic E-state index is 7.28. The molecule has 0 aliphatic carbocycles. The Kier molecular flexibility index (Phi) is 11.0. The molecule has 0 bridgehead atoms. The molecule has 0 aliphatic rings. The van der Waals surface area contributed by atoms with Crippen LogP contribution in [0.2, 0.25) is 19.6 Å². The summed E-state index contributed by atoms with van der Waals surface area (Å²) in [6, 6.07) is 57.7. The quantitative estimate of drug-likeness (QED) is 0.113. The smallest absolute Gasteiger partial charge is 0.121 e. The molecule has 3 aromatic heterocycles. The molecule has 7 aromatic carbocycles. The number of furan rings is 1. The Morgan fingerprint density at radius 1 is 0.646 bits per heavy atom. The van der Waals surface area contributed by atoms with Crippen LogP contribution >= 0.6 is 0 Å². The Hall–Kier alpha value is -6.17. The van der Waals surface area contributed by atoms with Crippen LogP contribution < -0.4 is 5.19 Å². The largest absolute Gasteiger partial charge is 0.501 e. The summed E-state index contributed by atoms with van der Waals surface area (Å²) in [4.78, 5) is 9.41. The number of pyridine rings is 1. The second-order valence-corrected chi connectivity index (χ2v) is 23.2. The number of imidazole rings is 1. The number of nitrogens with zero attached hydrogens (tertiary/aromatic N) is 3. The van der Waals surface area contributed by atoms with E-state index < -0.39 is 21.8 Å². The van der Waals surface area contributed by atoms with Gasteiger partial charge in [0.15, 0.2) is 0 Å². The average Bonchev–Trinajstić information content (AvgIpc) is 3.92. The van der Waals surface area contributed by atoms with E-state index in [1.54, 1.807) is 12.1 Å². The minimum Gasteiger partial charge on any atom is -0.501 e. The first-order valence-corrected chi connectivity index (χ1v) is 25.4. The molecule has 0 amide bonds. The van der Waals surface area contributed by atoms with E-state index >= 15 is 0 Å². The Morgan fingerprint density at radius 2 is 1.32 bits per heavy atom. The van der Waals surface area contributed by atoms with Crippen molar-refractivity contribution in [3.8, 4) is 50.6 Å². The van der Waals surface area contributed by atoms with Crippen molar-refractivity contribution in [2.75, 3.05) is 0 Å². The molecular weight excluding hydrogens is 987 g/mol. The van der Waals surface area contributed by atoms with Gasteiger partial charge in [0, 0.05) is 45.6 Å². The molecule has 0 spiro atoms. The molecule has 3 heterocycles. The van der Waals surface area contributed by atoms with Crippen molar-refractivity contribution in [2.45, 2.75) is 72.9 Å². The fourth-order valence-electron chi connectivity index (χ4n) is 8.42. The minimum atomic E-state index is -2.18. The number of aryl methyl sites for hydroxylation is 2. The van der Waals surface area contributed by atoms with Crippen LogP contribution in [0.1, 0.15) is 70.0 Å². The zero-order valence-electron chi connectivity index (χ0n) is 43.7. The number of rotatable bonds is 8. The van der Waals surface area contributed by atoms with Crippen LogP contribution in [0, 0.1) is 25.8 Å². The molecular formula is C59H55IrN3OSi-2. The third-order valence-electron chi connectivity index (χ3n) is 11.9. The Morgan fingerprint density at radius 3 is 1.97 bits per heavy atom. The van der Waals surface area contributed by atoms with Gasteiger partial charge in [0.25, 0.3) is 0 Å². The van der Waals surface area contributed by atoms with Gasteiger partial charge >= 0.3 is 0 Å². The number of benzene rings is 7. The predicted octanol–water partition coefficient (Wildman–Crippen LogP) is 15.7. The first kappa shape index (κ1) is 38.1. The first-order chi connectivity index (χ1) is 33.3. The standard InChI is InChI=1S/C46H43N2OSi.C13H12N.Ir/c1-29(2)39-26-34(32-20-23-35(24-21-32)50(5,6)7)27-40(30(3)4)44(39)48-42-19-12-11-18-41(42)47-46(48)38-17-13-16-37-36-25-22-33(28-43(36)49-45(37)38)31-14-9-8-10-15-31;1-10-3-6-12(7-4-10)13-8-5-11(2)9-14-13;/h8-16,18-30H,1-7H3;3-6,8-9H,1-2H3;/q2*-1;/i;1D3,2D3;. The predicted molar refractivity (Wildman–Crippen MR) is 273 cm³/mol. The van der Waals surface area contributed by atoms with Gasteiger partial charge in [-0.25, -0.2) is 0 Å². The van der Waals surface area contributed by atoms with Crippen molar-refractivity contribution in [1.29, 1.82) is 0 Å². The molecule has 1 radical (unpaired) electrons. The first-order valence-electron chi connectivity index (χ1n) is 24.9. The number of para-hydroxylation sites is 2. The number of hydrogen-bond donors (Lipinski definition) is 0. The van der Waals surface area contributed by atoms with E-state index in [2.05, 4.69) is 178 Å². The van der Waals surface area contributed by atoms with E-state index in [0.29, 0.717) is 11.3 Å². The third kappa shape index (κ3) is 9.22. The summed E-state index contributed by atoms with van der Waals surface area (Å²) in [7, 11) is -1.40. The van der Waals surface area contributed by atoms with Crippen LogP contribution in [0.25, 0.3) is 83.6 Å².